The van der Waals surface area contributed by atoms with Gasteiger partial charge in [-0.05, 0) is 43.0 Å². The number of rotatable bonds is 9. The molecule has 9 heteroatoms. The van der Waals surface area contributed by atoms with Gasteiger partial charge in [0.15, 0.2) is 5.13 Å². The van der Waals surface area contributed by atoms with Crippen LogP contribution in [0.15, 0.2) is 53.4 Å². The van der Waals surface area contributed by atoms with E-state index in [-0.39, 0.29) is 29.9 Å². The van der Waals surface area contributed by atoms with E-state index in [1.807, 2.05) is 0 Å². The highest BCUT2D eigenvalue weighted by Crippen LogP contribution is 2.43. The van der Waals surface area contributed by atoms with Crippen LogP contribution in [-0.2, 0) is 38.6 Å². The van der Waals surface area contributed by atoms with Crippen molar-refractivity contribution in [3.63, 3.8) is 0 Å². The zero-order valence-corrected chi connectivity index (χ0v) is 22.1. The third-order valence-electron chi connectivity index (χ3n) is 5.98. The van der Waals surface area contributed by atoms with Crippen molar-refractivity contribution in [3.05, 3.63) is 75.8 Å². The first-order chi connectivity index (χ1) is 16.7. The minimum absolute atomic E-state index is 0.0751. The van der Waals surface area contributed by atoms with E-state index < -0.39 is 10.1 Å². The van der Waals surface area contributed by atoms with Gasteiger partial charge in [0, 0.05) is 18.0 Å². The molecule has 1 aromatic heterocycles. The lowest BCUT2D eigenvalue weighted by Gasteiger charge is -2.27. The lowest BCUT2D eigenvalue weighted by atomic mass is 10.0. The molecule has 1 atom stereocenters. The first kappa shape index (κ1) is 25.5. The number of nitrogens with one attached hydrogen (secondary N) is 1. The first-order valence-corrected chi connectivity index (χ1v) is 14.0. The summed E-state index contributed by atoms with van der Waals surface area (Å²) >= 11 is 1.53. The van der Waals surface area contributed by atoms with E-state index in [9.17, 15) is 13.2 Å². The number of fused-ring (bicyclic) bond motifs is 1. The fourth-order valence-electron chi connectivity index (χ4n) is 4.38. The molecule has 4 rings (SSSR count). The minimum atomic E-state index is -3.75. The third-order valence-corrected chi connectivity index (χ3v) is 8.35. The molecule has 2 aromatic carbocycles. The second kappa shape index (κ2) is 10.6. The second-order valence-corrected chi connectivity index (χ2v) is 11.8. The van der Waals surface area contributed by atoms with Crippen molar-refractivity contribution in [2.24, 2.45) is 5.92 Å². The average molecular weight is 514 g/mol. The predicted molar refractivity (Wildman–Crippen MR) is 138 cm³/mol. The van der Waals surface area contributed by atoms with E-state index in [1.165, 1.54) is 39.5 Å². The molecule has 0 bridgehead atoms. The van der Waals surface area contributed by atoms with Gasteiger partial charge in [-0.3, -0.25) is 13.9 Å². The number of hydrogen-bond acceptors (Lipinski definition) is 7. The smallest absolute Gasteiger partial charge is 0.296 e. The molecular formula is C26H31N3O4S2. The molecule has 0 saturated heterocycles. The van der Waals surface area contributed by atoms with E-state index in [0.717, 1.165) is 18.8 Å². The van der Waals surface area contributed by atoms with Crippen LogP contribution in [0.5, 0.6) is 0 Å². The van der Waals surface area contributed by atoms with E-state index in [4.69, 9.17) is 9.17 Å². The molecular weight excluding hydrogens is 482 g/mol. The maximum absolute atomic E-state index is 12.6. The number of hydrogen-bond donors (Lipinski definition) is 1. The van der Waals surface area contributed by atoms with Crippen LogP contribution in [0.4, 0.5) is 5.13 Å². The molecule has 0 radical (unpaired) electrons. The van der Waals surface area contributed by atoms with E-state index >= 15 is 0 Å². The Morgan fingerprint density at radius 3 is 2.43 bits per heavy atom. The predicted octanol–water partition coefficient (Wildman–Crippen LogP) is 5.07. The molecule has 0 aliphatic carbocycles. The van der Waals surface area contributed by atoms with Crippen molar-refractivity contribution in [2.45, 2.75) is 58.1 Å². The van der Waals surface area contributed by atoms with E-state index in [0.29, 0.717) is 16.6 Å². The summed E-state index contributed by atoms with van der Waals surface area (Å²) in [5, 5.41) is 3.53. The first-order valence-electron chi connectivity index (χ1n) is 11.7. The summed E-state index contributed by atoms with van der Waals surface area (Å²) in [5.41, 5.74) is 4.30. The number of carbonyl (C=O) groups is 1. The molecule has 1 N–H and O–H groups in total. The Hall–Kier alpha value is -2.59. The highest BCUT2D eigenvalue weighted by Gasteiger charge is 2.36. The zero-order valence-electron chi connectivity index (χ0n) is 20.4. The summed E-state index contributed by atoms with van der Waals surface area (Å²) in [6.45, 7) is 9.87. The van der Waals surface area contributed by atoms with Gasteiger partial charge in [0.1, 0.15) is 0 Å². The number of aryl methyl sites for hydroxylation is 1. The molecule has 0 saturated carbocycles. The van der Waals surface area contributed by atoms with Gasteiger partial charge in [-0.1, -0.05) is 55.8 Å². The fourth-order valence-corrected chi connectivity index (χ4v) is 6.34. The highest BCUT2D eigenvalue weighted by atomic mass is 32.2. The summed E-state index contributed by atoms with van der Waals surface area (Å²) in [5.74, 6) is 0.203. The number of anilines is 1. The summed E-state index contributed by atoms with van der Waals surface area (Å²) in [4.78, 5) is 21.2. The Balaban J connectivity index is 1.40. The molecule has 35 heavy (non-hydrogen) atoms. The van der Waals surface area contributed by atoms with Crippen LogP contribution < -0.4 is 5.32 Å². The van der Waals surface area contributed by atoms with Gasteiger partial charge >= 0.3 is 0 Å². The molecule has 3 aromatic rings. The Labute approximate surface area is 211 Å². The number of aromatic nitrogens is 1. The monoisotopic (exact) mass is 513 g/mol. The normalized spacial score (nSPS) is 16.0. The van der Waals surface area contributed by atoms with Crippen LogP contribution in [0.1, 0.15) is 54.1 Å². The van der Waals surface area contributed by atoms with Crippen LogP contribution in [0.25, 0.3) is 0 Å². The topological polar surface area (TPSA) is 88.6 Å². The van der Waals surface area contributed by atoms with Crippen LogP contribution in [-0.4, -0.2) is 30.8 Å². The summed E-state index contributed by atoms with van der Waals surface area (Å²) in [7, 11) is -3.75. The van der Waals surface area contributed by atoms with Crippen molar-refractivity contribution < 1.29 is 17.4 Å². The van der Waals surface area contributed by atoms with Gasteiger partial charge in [-0.2, -0.15) is 8.42 Å². The van der Waals surface area contributed by atoms with Gasteiger partial charge in [0.25, 0.3) is 10.1 Å². The van der Waals surface area contributed by atoms with Crippen molar-refractivity contribution >= 4 is 32.5 Å². The molecule has 2 heterocycles. The minimum Gasteiger partial charge on any atom is -0.302 e. The number of thiazole rings is 1. The number of nitrogens with zero attached hydrogens (tertiary/aromatic N) is 2. The second-order valence-electron chi connectivity index (χ2n) is 9.14. The van der Waals surface area contributed by atoms with Gasteiger partial charge in [-0.15, -0.1) is 11.3 Å². The van der Waals surface area contributed by atoms with Crippen LogP contribution in [0.3, 0.4) is 0 Å². The van der Waals surface area contributed by atoms with Crippen molar-refractivity contribution in [1.29, 1.82) is 0 Å². The molecule has 0 spiro atoms. The van der Waals surface area contributed by atoms with E-state index in [1.54, 1.807) is 19.1 Å². The number of carbonyl (C=O) groups excluding carboxylic acids is 1. The van der Waals surface area contributed by atoms with Crippen molar-refractivity contribution in [1.82, 2.24) is 9.88 Å². The largest absolute Gasteiger partial charge is 0.302 e. The molecule has 1 aliphatic heterocycles. The summed E-state index contributed by atoms with van der Waals surface area (Å²) in [6.07, 6.45) is 0.131. The lowest BCUT2D eigenvalue weighted by Crippen LogP contribution is -2.26. The SMILES string of the molecule is CCOS(=O)(=O)c1ccc(CC(=O)Nc2nc3c(s2)CN(Cc2ccc(C)cc2)[C@H]3C(C)C)cc1. The van der Waals surface area contributed by atoms with Crippen molar-refractivity contribution in [3.8, 4) is 0 Å². The zero-order chi connectivity index (χ0) is 25.2. The quantitative estimate of drug-likeness (QED) is 0.402. The Morgan fingerprint density at radius 1 is 1.14 bits per heavy atom. The maximum atomic E-state index is 12.6. The molecule has 1 amide bonds. The van der Waals surface area contributed by atoms with Crippen LogP contribution >= 0.6 is 11.3 Å². The maximum Gasteiger partial charge on any atom is 0.296 e. The molecule has 7 nitrogen and oxygen atoms in total. The van der Waals surface area contributed by atoms with Crippen LogP contribution in [0.2, 0.25) is 0 Å². The Kier molecular flexibility index (Phi) is 7.70. The standard InChI is InChI=1S/C26H31N3O4S2/c1-5-33-35(31,32)21-12-10-19(11-13-21)14-23(30)27-26-28-24-22(34-26)16-29(25(24)17(2)3)15-20-8-6-18(4)7-9-20/h6-13,17,25H,5,14-16H2,1-4H3,(H,27,28,30)/t25-/m0/s1. The fraction of sp³-hybridized carbons (Fsp3) is 0.385. The van der Waals surface area contributed by atoms with Gasteiger partial charge in [0.2, 0.25) is 5.91 Å². The van der Waals surface area contributed by atoms with Gasteiger partial charge in [-0.25, -0.2) is 4.98 Å². The lowest BCUT2D eigenvalue weighted by molar-refractivity contribution is -0.115. The number of benzene rings is 2. The molecule has 0 unspecified atom stereocenters. The summed E-state index contributed by atoms with van der Waals surface area (Å²) < 4.78 is 28.8. The number of amides is 1. The highest BCUT2D eigenvalue weighted by molar-refractivity contribution is 7.86. The van der Waals surface area contributed by atoms with Gasteiger partial charge < -0.3 is 5.32 Å². The molecule has 1 aliphatic rings. The van der Waals surface area contributed by atoms with Crippen LogP contribution in [0, 0.1) is 12.8 Å². The van der Waals surface area contributed by atoms with Gasteiger partial charge in [0.05, 0.1) is 29.7 Å². The third kappa shape index (κ3) is 5.98. The van der Waals surface area contributed by atoms with E-state index in [2.05, 4.69) is 55.3 Å². The molecule has 186 valence electrons. The average Bonchev–Trinajstić information content (AvgIpc) is 3.31. The van der Waals surface area contributed by atoms with Crippen molar-refractivity contribution in [2.75, 3.05) is 11.9 Å². The Bertz CT molecular complexity index is 1280. The summed E-state index contributed by atoms with van der Waals surface area (Å²) in [6, 6.07) is 15.0. The molecule has 0 fully saturated rings. The Morgan fingerprint density at radius 2 is 1.80 bits per heavy atom.